The topological polar surface area (TPSA) is 20.3 Å². The number of nitrogens with zero attached hydrogens (tertiary/aromatic N) is 1. The first kappa shape index (κ1) is 20.6. The standard InChI is InChI=1S/C26H35NO/c1-4-5-6-7-11-14-25(28)27-20-26(3,18-17-22-12-9-8-10-13-22)23-19-21(2)15-16-24(23)27/h8-10,12-13,15-16,19H,4-7,11,14,17-18,20H2,1-3H3. The molecule has 1 heterocycles. The molecule has 0 bridgehead atoms. The van der Waals surface area contributed by atoms with Crippen molar-refractivity contribution in [2.45, 2.75) is 77.6 Å². The molecule has 3 rings (SSSR count). The van der Waals surface area contributed by atoms with E-state index in [1.165, 1.54) is 42.4 Å². The van der Waals surface area contributed by atoms with Gasteiger partial charge in [0.05, 0.1) is 0 Å². The van der Waals surface area contributed by atoms with Crippen LogP contribution in [0.5, 0.6) is 0 Å². The summed E-state index contributed by atoms with van der Waals surface area (Å²) in [6, 6.07) is 17.3. The van der Waals surface area contributed by atoms with E-state index in [0.29, 0.717) is 12.3 Å². The molecule has 150 valence electrons. The second-order valence-electron chi connectivity index (χ2n) is 8.71. The van der Waals surface area contributed by atoms with Gasteiger partial charge >= 0.3 is 0 Å². The minimum Gasteiger partial charge on any atom is -0.311 e. The van der Waals surface area contributed by atoms with Gasteiger partial charge in [0.15, 0.2) is 0 Å². The number of anilines is 1. The van der Waals surface area contributed by atoms with Gasteiger partial charge < -0.3 is 4.90 Å². The van der Waals surface area contributed by atoms with Crippen molar-refractivity contribution >= 4 is 11.6 Å². The molecule has 0 saturated carbocycles. The van der Waals surface area contributed by atoms with E-state index in [2.05, 4.69) is 74.2 Å². The van der Waals surface area contributed by atoms with Gasteiger partial charge in [0.1, 0.15) is 0 Å². The van der Waals surface area contributed by atoms with Gasteiger partial charge in [-0.1, -0.05) is 87.6 Å². The Morgan fingerprint density at radius 2 is 1.79 bits per heavy atom. The van der Waals surface area contributed by atoms with Crippen molar-refractivity contribution in [3.63, 3.8) is 0 Å². The molecule has 0 fully saturated rings. The summed E-state index contributed by atoms with van der Waals surface area (Å²) >= 11 is 0. The average molecular weight is 378 g/mol. The molecule has 0 saturated heterocycles. The van der Waals surface area contributed by atoms with Crippen LogP contribution in [0, 0.1) is 6.92 Å². The van der Waals surface area contributed by atoms with E-state index in [1.54, 1.807) is 0 Å². The van der Waals surface area contributed by atoms with Gasteiger partial charge in [-0.15, -0.1) is 0 Å². The molecular weight excluding hydrogens is 342 g/mol. The first-order valence-electron chi connectivity index (χ1n) is 11.0. The highest BCUT2D eigenvalue weighted by atomic mass is 16.2. The number of unbranched alkanes of at least 4 members (excludes halogenated alkanes) is 4. The predicted molar refractivity (Wildman–Crippen MR) is 119 cm³/mol. The molecule has 28 heavy (non-hydrogen) atoms. The number of carbonyl (C=O) groups is 1. The van der Waals surface area contributed by atoms with Crippen molar-refractivity contribution in [3.05, 3.63) is 65.2 Å². The Balaban J connectivity index is 1.71. The van der Waals surface area contributed by atoms with Crippen LogP contribution in [0.25, 0.3) is 0 Å². The minimum atomic E-state index is 0.0229. The number of fused-ring (bicyclic) bond motifs is 1. The summed E-state index contributed by atoms with van der Waals surface area (Å²) in [6.45, 7) is 7.52. The van der Waals surface area contributed by atoms with E-state index in [9.17, 15) is 4.79 Å². The van der Waals surface area contributed by atoms with E-state index in [4.69, 9.17) is 0 Å². The van der Waals surface area contributed by atoms with E-state index in [-0.39, 0.29) is 5.41 Å². The summed E-state index contributed by atoms with van der Waals surface area (Å²) in [5, 5.41) is 0. The lowest BCUT2D eigenvalue weighted by Gasteiger charge is -2.26. The molecule has 0 radical (unpaired) electrons. The summed E-state index contributed by atoms with van der Waals surface area (Å²) in [7, 11) is 0. The monoisotopic (exact) mass is 377 g/mol. The highest BCUT2D eigenvalue weighted by Gasteiger charge is 2.40. The Hall–Kier alpha value is -2.09. The van der Waals surface area contributed by atoms with E-state index in [0.717, 1.165) is 31.5 Å². The van der Waals surface area contributed by atoms with Crippen molar-refractivity contribution < 1.29 is 4.79 Å². The number of hydrogen-bond acceptors (Lipinski definition) is 1. The lowest BCUT2D eigenvalue weighted by Crippen LogP contribution is -2.35. The molecule has 0 N–H and O–H groups in total. The highest BCUT2D eigenvalue weighted by Crippen LogP contribution is 2.44. The average Bonchev–Trinajstić information content (AvgIpc) is 3.00. The third-order valence-electron chi connectivity index (χ3n) is 6.20. The van der Waals surface area contributed by atoms with Gasteiger partial charge in [-0.3, -0.25) is 4.79 Å². The Morgan fingerprint density at radius 3 is 2.54 bits per heavy atom. The summed E-state index contributed by atoms with van der Waals surface area (Å²) in [4.78, 5) is 15.1. The van der Waals surface area contributed by atoms with Crippen LogP contribution in [-0.4, -0.2) is 12.5 Å². The molecule has 0 aliphatic carbocycles. The van der Waals surface area contributed by atoms with Crippen LogP contribution in [0.15, 0.2) is 48.5 Å². The smallest absolute Gasteiger partial charge is 0.227 e. The number of carbonyl (C=O) groups excluding carboxylic acids is 1. The van der Waals surface area contributed by atoms with E-state index < -0.39 is 0 Å². The van der Waals surface area contributed by atoms with Crippen LogP contribution < -0.4 is 4.90 Å². The van der Waals surface area contributed by atoms with E-state index >= 15 is 0 Å². The fourth-order valence-electron chi connectivity index (χ4n) is 4.40. The van der Waals surface area contributed by atoms with Gasteiger partial charge in [-0.05, 0) is 43.4 Å². The van der Waals surface area contributed by atoms with Gasteiger partial charge in [0.2, 0.25) is 5.91 Å². The van der Waals surface area contributed by atoms with Crippen LogP contribution >= 0.6 is 0 Å². The zero-order valence-electron chi connectivity index (χ0n) is 17.8. The highest BCUT2D eigenvalue weighted by molar-refractivity contribution is 5.96. The number of aryl methyl sites for hydroxylation is 2. The first-order chi connectivity index (χ1) is 13.5. The summed E-state index contributed by atoms with van der Waals surface area (Å²) in [6.07, 6.45) is 8.72. The largest absolute Gasteiger partial charge is 0.311 e. The quantitative estimate of drug-likeness (QED) is 0.451. The first-order valence-corrected chi connectivity index (χ1v) is 11.0. The van der Waals surface area contributed by atoms with E-state index in [1.807, 2.05) is 0 Å². The fraction of sp³-hybridized carbons (Fsp3) is 0.500. The molecule has 2 aromatic rings. The van der Waals surface area contributed by atoms with Crippen molar-refractivity contribution in [3.8, 4) is 0 Å². The van der Waals surface area contributed by atoms with Crippen molar-refractivity contribution in [2.75, 3.05) is 11.4 Å². The number of hydrogen-bond donors (Lipinski definition) is 0. The molecule has 2 nitrogen and oxygen atoms in total. The molecule has 1 amide bonds. The van der Waals surface area contributed by atoms with Crippen molar-refractivity contribution in [1.29, 1.82) is 0 Å². The Bertz CT molecular complexity index is 782. The zero-order valence-corrected chi connectivity index (χ0v) is 17.8. The van der Waals surface area contributed by atoms with Crippen LogP contribution in [-0.2, 0) is 16.6 Å². The number of amides is 1. The second-order valence-corrected chi connectivity index (χ2v) is 8.71. The molecular formula is C26H35NO. The molecule has 1 unspecified atom stereocenters. The summed E-state index contributed by atoms with van der Waals surface area (Å²) < 4.78 is 0. The van der Waals surface area contributed by atoms with Crippen molar-refractivity contribution in [2.24, 2.45) is 0 Å². The van der Waals surface area contributed by atoms with Crippen LogP contribution in [0.2, 0.25) is 0 Å². The van der Waals surface area contributed by atoms with Gasteiger partial charge in [0, 0.05) is 24.1 Å². The second kappa shape index (κ2) is 9.41. The molecule has 1 aliphatic heterocycles. The maximum absolute atomic E-state index is 13.0. The lowest BCUT2D eigenvalue weighted by atomic mass is 9.79. The maximum atomic E-state index is 13.0. The molecule has 1 aliphatic rings. The zero-order chi connectivity index (χ0) is 20.0. The number of benzene rings is 2. The Kier molecular flexibility index (Phi) is 6.93. The fourth-order valence-corrected chi connectivity index (χ4v) is 4.40. The van der Waals surface area contributed by atoms with Crippen LogP contribution in [0.1, 0.15) is 75.5 Å². The van der Waals surface area contributed by atoms with Crippen LogP contribution in [0.3, 0.4) is 0 Å². The predicted octanol–water partition coefficient (Wildman–Crippen LogP) is 6.59. The maximum Gasteiger partial charge on any atom is 0.227 e. The van der Waals surface area contributed by atoms with Gasteiger partial charge in [-0.25, -0.2) is 0 Å². The summed E-state index contributed by atoms with van der Waals surface area (Å²) in [5.74, 6) is 0.296. The van der Waals surface area contributed by atoms with Gasteiger partial charge in [0.25, 0.3) is 0 Å². The number of rotatable bonds is 9. The molecule has 0 aromatic heterocycles. The Morgan fingerprint density at radius 1 is 1.04 bits per heavy atom. The molecule has 2 aromatic carbocycles. The van der Waals surface area contributed by atoms with Crippen molar-refractivity contribution in [1.82, 2.24) is 0 Å². The normalized spacial score (nSPS) is 18.3. The third kappa shape index (κ3) is 4.84. The van der Waals surface area contributed by atoms with Gasteiger partial charge in [-0.2, -0.15) is 0 Å². The molecule has 0 spiro atoms. The van der Waals surface area contributed by atoms with Crippen LogP contribution in [0.4, 0.5) is 5.69 Å². The third-order valence-corrected chi connectivity index (χ3v) is 6.20. The SMILES string of the molecule is CCCCCCCC(=O)N1CC(C)(CCc2ccccc2)c2cc(C)ccc21. The minimum absolute atomic E-state index is 0.0229. The molecule has 2 heteroatoms. The lowest BCUT2D eigenvalue weighted by molar-refractivity contribution is -0.118. The Labute approximate surface area is 171 Å². The summed E-state index contributed by atoms with van der Waals surface area (Å²) in [5.41, 5.74) is 5.16. The molecule has 1 atom stereocenters.